The van der Waals surface area contributed by atoms with E-state index in [-0.39, 0.29) is 5.70 Å². The van der Waals surface area contributed by atoms with Crippen molar-refractivity contribution in [2.45, 2.75) is 26.9 Å². The number of alkyl halides is 3. The van der Waals surface area contributed by atoms with E-state index in [4.69, 9.17) is 0 Å². The Labute approximate surface area is 102 Å². The minimum absolute atomic E-state index is 0.169. The van der Waals surface area contributed by atoms with Crippen LogP contribution in [0.4, 0.5) is 13.2 Å². The summed E-state index contributed by atoms with van der Waals surface area (Å²) >= 11 is 0. The van der Waals surface area contributed by atoms with E-state index in [1.807, 2.05) is 0 Å². The van der Waals surface area contributed by atoms with Crippen LogP contribution in [0.2, 0.25) is 0 Å². The average molecular weight is 259 g/mol. The molecule has 0 bridgehead atoms. The van der Waals surface area contributed by atoms with E-state index in [2.05, 4.69) is 11.0 Å². The van der Waals surface area contributed by atoms with Crippen molar-refractivity contribution >= 4 is 11.7 Å². The molecule has 0 unspecified atom stereocenters. The second-order valence-electron chi connectivity index (χ2n) is 4.80. The molecule has 0 aliphatic heterocycles. The van der Waals surface area contributed by atoms with Gasteiger partial charge in [0, 0.05) is 5.41 Å². The summed E-state index contributed by atoms with van der Waals surface area (Å²) in [4.78, 5) is 22.7. The molecule has 0 aromatic carbocycles. The van der Waals surface area contributed by atoms with Crippen LogP contribution in [0.5, 0.6) is 0 Å². The van der Waals surface area contributed by atoms with Crippen molar-refractivity contribution in [2.75, 3.05) is 0 Å². The van der Waals surface area contributed by atoms with Gasteiger partial charge in [0.1, 0.15) is 0 Å². The summed E-state index contributed by atoms with van der Waals surface area (Å²) in [7, 11) is 0. The van der Waals surface area contributed by atoms with Crippen molar-refractivity contribution in [3.8, 4) is 0 Å². The first kappa shape index (κ1) is 14.3. The first-order chi connectivity index (χ1) is 8.03. The van der Waals surface area contributed by atoms with Crippen LogP contribution < -0.4 is 5.32 Å². The maximum atomic E-state index is 12.3. The van der Waals surface area contributed by atoms with E-state index in [1.165, 1.54) is 6.08 Å². The van der Waals surface area contributed by atoms with Crippen LogP contribution in [0, 0.1) is 5.41 Å². The molecule has 0 fully saturated rings. The maximum absolute atomic E-state index is 12.3. The molecule has 0 atom stereocenters. The van der Waals surface area contributed by atoms with Gasteiger partial charge in [0.15, 0.2) is 0 Å². The van der Waals surface area contributed by atoms with Gasteiger partial charge < -0.3 is 5.32 Å². The Morgan fingerprint density at radius 1 is 1.22 bits per heavy atom. The molecule has 18 heavy (non-hydrogen) atoms. The molecule has 1 amide bonds. The van der Waals surface area contributed by atoms with Gasteiger partial charge in [-0.15, -0.1) is 5.73 Å². The number of Topliss-reactive ketones (excluding diaryl/α,β-unsaturated/α-hetero) is 1. The third-order valence-corrected chi connectivity index (χ3v) is 2.16. The zero-order chi connectivity index (χ0) is 14.1. The molecule has 3 nitrogen and oxygen atoms in total. The maximum Gasteiger partial charge on any atom is 0.455 e. The Balaban J connectivity index is 2.87. The summed E-state index contributed by atoms with van der Waals surface area (Å²) in [5, 5.41) is 2.29. The molecule has 0 radical (unpaired) electrons. The lowest BCUT2D eigenvalue weighted by Gasteiger charge is -2.19. The van der Waals surface area contributed by atoms with Gasteiger partial charge in [-0.3, -0.25) is 9.59 Å². The van der Waals surface area contributed by atoms with Crippen molar-refractivity contribution < 1.29 is 22.8 Å². The van der Waals surface area contributed by atoms with Crippen molar-refractivity contribution in [1.29, 1.82) is 0 Å². The van der Waals surface area contributed by atoms with E-state index >= 15 is 0 Å². The fourth-order valence-electron chi connectivity index (χ4n) is 1.11. The van der Waals surface area contributed by atoms with E-state index < -0.39 is 28.9 Å². The molecule has 0 heterocycles. The van der Waals surface area contributed by atoms with Gasteiger partial charge in [0.2, 0.25) is 5.91 Å². The van der Waals surface area contributed by atoms with Crippen LogP contribution in [-0.2, 0) is 9.59 Å². The summed E-state index contributed by atoms with van der Waals surface area (Å²) in [5.74, 6) is -2.49. The van der Waals surface area contributed by atoms with Crippen LogP contribution in [-0.4, -0.2) is 17.9 Å². The fraction of sp³-hybridized carbons (Fsp3) is 0.417. The van der Waals surface area contributed by atoms with Gasteiger partial charge in [-0.05, 0) is 12.2 Å². The molecule has 0 aromatic heterocycles. The lowest BCUT2D eigenvalue weighted by Crippen LogP contribution is -2.36. The Kier molecular flexibility index (Phi) is 3.53. The van der Waals surface area contributed by atoms with Crippen molar-refractivity contribution in [1.82, 2.24) is 5.32 Å². The zero-order valence-electron chi connectivity index (χ0n) is 10.1. The Bertz CT molecular complexity index is 486. The number of carbonyl (C=O) groups excluding carboxylic acids is 2. The molecule has 0 saturated heterocycles. The molecule has 0 aromatic rings. The number of rotatable bonds is 2. The summed E-state index contributed by atoms with van der Waals surface area (Å²) in [5.41, 5.74) is 0.581. The SMILES string of the molecule is CC(C)(C)C(=O)NC1=CC=C=C1C(=O)C(F)(F)F. The topological polar surface area (TPSA) is 46.2 Å². The lowest BCUT2D eigenvalue weighted by atomic mass is 9.95. The molecule has 6 heteroatoms. The molecule has 1 aliphatic rings. The number of allylic oxidation sites excluding steroid dienone is 2. The predicted molar refractivity (Wildman–Crippen MR) is 58.3 cm³/mol. The molecule has 0 spiro atoms. The van der Waals surface area contributed by atoms with E-state index in [0.29, 0.717) is 0 Å². The zero-order valence-corrected chi connectivity index (χ0v) is 10.1. The highest BCUT2D eigenvalue weighted by molar-refractivity contribution is 6.04. The summed E-state index contributed by atoms with van der Waals surface area (Å²) in [6.07, 6.45) is -2.61. The van der Waals surface area contributed by atoms with Gasteiger partial charge >= 0.3 is 6.18 Å². The van der Waals surface area contributed by atoms with E-state index in [9.17, 15) is 22.8 Å². The second kappa shape index (κ2) is 4.46. The highest BCUT2D eigenvalue weighted by Gasteiger charge is 2.42. The minimum Gasteiger partial charge on any atom is -0.324 e. The highest BCUT2D eigenvalue weighted by Crippen LogP contribution is 2.26. The molecule has 0 saturated carbocycles. The van der Waals surface area contributed by atoms with Gasteiger partial charge in [-0.25, -0.2) is 0 Å². The van der Waals surface area contributed by atoms with Crippen LogP contribution in [0.25, 0.3) is 0 Å². The third-order valence-electron chi connectivity index (χ3n) is 2.16. The van der Waals surface area contributed by atoms with Gasteiger partial charge in [0.25, 0.3) is 5.78 Å². The van der Waals surface area contributed by atoms with Gasteiger partial charge in [-0.1, -0.05) is 20.8 Å². The van der Waals surface area contributed by atoms with Crippen LogP contribution in [0.3, 0.4) is 0 Å². The fourth-order valence-corrected chi connectivity index (χ4v) is 1.11. The summed E-state index contributed by atoms with van der Waals surface area (Å²) in [6, 6.07) is 0. The average Bonchev–Trinajstić information content (AvgIpc) is 2.61. The molecular formula is C12H12F3NO2. The number of halogens is 3. The smallest absolute Gasteiger partial charge is 0.324 e. The normalized spacial score (nSPS) is 15.2. The first-order valence-corrected chi connectivity index (χ1v) is 5.14. The molecule has 1 aliphatic carbocycles. The molecule has 1 rings (SSSR count). The first-order valence-electron chi connectivity index (χ1n) is 5.14. The van der Waals surface area contributed by atoms with Crippen molar-refractivity contribution in [3.63, 3.8) is 0 Å². The molecule has 1 N–H and O–H groups in total. The van der Waals surface area contributed by atoms with E-state index in [1.54, 1.807) is 20.8 Å². The lowest BCUT2D eigenvalue weighted by molar-refractivity contribution is -0.166. The summed E-state index contributed by atoms with van der Waals surface area (Å²) in [6.45, 7) is 4.83. The minimum atomic E-state index is -4.98. The van der Waals surface area contributed by atoms with Crippen LogP contribution in [0.1, 0.15) is 20.8 Å². The summed E-state index contributed by atoms with van der Waals surface area (Å²) < 4.78 is 36.8. The number of hydrogen-bond acceptors (Lipinski definition) is 2. The standard InChI is InChI=1S/C12H12F3NO2/c1-11(2,3)10(18)16-8-6-4-5-7(8)9(17)12(13,14)15/h4,6H,1-3H3,(H,16,18). The number of nitrogens with one attached hydrogen (secondary N) is 1. The number of ketones is 1. The second-order valence-corrected chi connectivity index (χ2v) is 4.80. The monoisotopic (exact) mass is 259 g/mol. The van der Waals surface area contributed by atoms with Crippen molar-refractivity contribution in [2.24, 2.45) is 5.41 Å². The third kappa shape index (κ3) is 3.11. The number of amides is 1. The highest BCUT2D eigenvalue weighted by atomic mass is 19.4. The van der Waals surface area contributed by atoms with Gasteiger partial charge in [-0.2, -0.15) is 13.2 Å². The largest absolute Gasteiger partial charge is 0.455 e. The Hall–Kier alpha value is -1.81. The molecule has 98 valence electrons. The number of carbonyl (C=O) groups is 2. The van der Waals surface area contributed by atoms with Crippen LogP contribution in [0.15, 0.2) is 29.2 Å². The predicted octanol–water partition coefficient (Wildman–Crippen LogP) is 2.26. The Morgan fingerprint density at radius 2 is 1.78 bits per heavy atom. The quantitative estimate of drug-likeness (QED) is 0.773. The Morgan fingerprint density at radius 3 is 2.22 bits per heavy atom. The van der Waals surface area contributed by atoms with Crippen molar-refractivity contribution in [3.05, 3.63) is 29.2 Å². The van der Waals surface area contributed by atoms with Gasteiger partial charge in [0.05, 0.1) is 11.3 Å². The van der Waals surface area contributed by atoms with Crippen LogP contribution >= 0.6 is 0 Å². The van der Waals surface area contributed by atoms with E-state index in [0.717, 1.165) is 6.08 Å². The molecular weight excluding hydrogens is 247 g/mol. The number of hydrogen-bond donors (Lipinski definition) is 1.